The van der Waals surface area contributed by atoms with E-state index in [0.29, 0.717) is 12.8 Å². The highest BCUT2D eigenvalue weighted by molar-refractivity contribution is 5.89. The molecule has 0 fully saturated rings. The molecule has 8 nitrogen and oxygen atoms in total. The highest BCUT2D eigenvalue weighted by Gasteiger charge is 2.30. The summed E-state index contributed by atoms with van der Waals surface area (Å²) in [4.78, 5) is 35.7. The van der Waals surface area contributed by atoms with Gasteiger partial charge in [-0.25, -0.2) is 4.79 Å². The molecular formula is C23H26N2O6. The van der Waals surface area contributed by atoms with Crippen molar-refractivity contribution in [2.24, 2.45) is 0 Å². The van der Waals surface area contributed by atoms with Crippen molar-refractivity contribution >= 4 is 18.0 Å². The Labute approximate surface area is 180 Å². The zero-order chi connectivity index (χ0) is 22.2. The molecule has 164 valence electrons. The molecule has 1 aliphatic rings. The van der Waals surface area contributed by atoms with Gasteiger partial charge in [0.2, 0.25) is 5.91 Å². The number of aliphatic hydroxyl groups is 1. The molecule has 3 rings (SSSR count). The molecular weight excluding hydrogens is 400 g/mol. The third-order valence-electron chi connectivity index (χ3n) is 5.22. The Bertz CT molecular complexity index is 900. The number of carboxylic acid groups (broad SMARTS) is 1. The largest absolute Gasteiger partial charge is 0.481 e. The first kappa shape index (κ1) is 22.3. The first-order valence-electron chi connectivity index (χ1n) is 10.2. The molecule has 0 radical (unpaired) electrons. The number of amides is 2. The average molecular weight is 426 g/mol. The summed E-state index contributed by atoms with van der Waals surface area (Å²) in [6, 6.07) is 14.6. The van der Waals surface area contributed by atoms with Crippen molar-refractivity contribution in [2.45, 2.75) is 31.2 Å². The van der Waals surface area contributed by atoms with Crippen molar-refractivity contribution in [3.05, 3.63) is 59.7 Å². The molecule has 0 saturated carbocycles. The minimum absolute atomic E-state index is 0.00637. The van der Waals surface area contributed by atoms with Gasteiger partial charge in [-0.1, -0.05) is 48.5 Å². The molecule has 1 atom stereocenters. The summed E-state index contributed by atoms with van der Waals surface area (Å²) < 4.78 is 5.39. The van der Waals surface area contributed by atoms with Crippen molar-refractivity contribution in [1.29, 1.82) is 0 Å². The monoisotopic (exact) mass is 426 g/mol. The molecule has 0 aliphatic heterocycles. The van der Waals surface area contributed by atoms with Crippen LogP contribution in [0.25, 0.3) is 11.1 Å². The Morgan fingerprint density at radius 3 is 2.16 bits per heavy atom. The van der Waals surface area contributed by atoms with E-state index in [9.17, 15) is 14.4 Å². The molecule has 1 unspecified atom stereocenters. The fraction of sp³-hybridized carbons (Fsp3) is 0.348. The van der Waals surface area contributed by atoms with E-state index in [-0.39, 0.29) is 25.7 Å². The van der Waals surface area contributed by atoms with Gasteiger partial charge < -0.3 is 25.6 Å². The lowest BCUT2D eigenvalue weighted by molar-refractivity contribution is -0.139. The summed E-state index contributed by atoms with van der Waals surface area (Å²) in [5, 5.41) is 22.8. The van der Waals surface area contributed by atoms with Crippen molar-refractivity contribution in [2.75, 3.05) is 19.8 Å². The van der Waals surface area contributed by atoms with Gasteiger partial charge in [-0.3, -0.25) is 9.59 Å². The van der Waals surface area contributed by atoms with Crippen LogP contribution >= 0.6 is 0 Å². The number of ether oxygens (including phenoxy) is 1. The Hall–Kier alpha value is -3.39. The van der Waals surface area contributed by atoms with E-state index in [0.717, 1.165) is 22.3 Å². The summed E-state index contributed by atoms with van der Waals surface area (Å²) in [6.07, 6.45) is -0.342. The third-order valence-corrected chi connectivity index (χ3v) is 5.22. The summed E-state index contributed by atoms with van der Waals surface area (Å²) in [5.74, 6) is -1.95. The Kier molecular flexibility index (Phi) is 7.61. The molecule has 4 N–H and O–H groups in total. The molecule has 8 heteroatoms. The first-order valence-corrected chi connectivity index (χ1v) is 10.2. The van der Waals surface area contributed by atoms with Gasteiger partial charge in [-0.15, -0.1) is 0 Å². The number of carbonyl (C=O) groups excluding carboxylic acids is 2. The van der Waals surface area contributed by atoms with Crippen LogP contribution in [0.5, 0.6) is 0 Å². The van der Waals surface area contributed by atoms with Crippen LogP contribution < -0.4 is 10.6 Å². The fourth-order valence-electron chi connectivity index (χ4n) is 3.74. The van der Waals surface area contributed by atoms with Crippen molar-refractivity contribution < 1.29 is 29.3 Å². The van der Waals surface area contributed by atoms with E-state index in [1.807, 2.05) is 48.5 Å². The smallest absolute Gasteiger partial charge is 0.407 e. The van der Waals surface area contributed by atoms with E-state index < -0.39 is 30.4 Å². The number of hydrogen-bond donors (Lipinski definition) is 4. The van der Waals surface area contributed by atoms with Crippen LogP contribution in [0.3, 0.4) is 0 Å². The number of carboxylic acids is 1. The molecule has 1 aliphatic carbocycles. The first-order chi connectivity index (χ1) is 15.0. The van der Waals surface area contributed by atoms with Crippen LogP contribution in [0.1, 0.15) is 36.3 Å². The van der Waals surface area contributed by atoms with E-state index in [2.05, 4.69) is 10.6 Å². The lowest BCUT2D eigenvalue weighted by atomic mass is 9.98. The van der Waals surface area contributed by atoms with Crippen molar-refractivity contribution in [3.63, 3.8) is 0 Å². The van der Waals surface area contributed by atoms with Crippen LogP contribution in [0.4, 0.5) is 4.79 Å². The SMILES string of the molecule is O=C(O)CC(NC(=O)OCC1c2ccccc2-c2ccccc21)C(=O)NCCCCO. The van der Waals surface area contributed by atoms with Gasteiger partial charge in [0.1, 0.15) is 12.6 Å². The van der Waals surface area contributed by atoms with Crippen molar-refractivity contribution in [3.8, 4) is 11.1 Å². The highest BCUT2D eigenvalue weighted by atomic mass is 16.5. The minimum Gasteiger partial charge on any atom is -0.481 e. The van der Waals surface area contributed by atoms with Gasteiger partial charge in [0.15, 0.2) is 0 Å². The summed E-state index contributed by atoms with van der Waals surface area (Å²) in [5.41, 5.74) is 4.30. The number of fused-ring (bicyclic) bond motifs is 3. The van der Waals surface area contributed by atoms with Crippen molar-refractivity contribution in [1.82, 2.24) is 10.6 Å². The molecule has 31 heavy (non-hydrogen) atoms. The predicted molar refractivity (Wildman–Crippen MR) is 114 cm³/mol. The lowest BCUT2D eigenvalue weighted by Gasteiger charge is -2.18. The number of benzene rings is 2. The molecule has 0 bridgehead atoms. The predicted octanol–water partition coefficient (Wildman–Crippen LogP) is 2.26. The molecule has 2 aromatic carbocycles. The van der Waals surface area contributed by atoms with E-state index >= 15 is 0 Å². The van der Waals surface area contributed by atoms with Gasteiger partial charge in [0.05, 0.1) is 6.42 Å². The number of aliphatic hydroxyl groups excluding tert-OH is 1. The highest BCUT2D eigenvalue weighted by Crippen LogP contribution is 2.44. The number of alkyl carbamates (subject to hydrolysis) is 1. The van der Waals surface area contributed by atoms with Crippen LogP contribution in [0.15, 0.2) is 48.5 Å². The third kappa shape index (κ3) is 5.61. The maximum Gasteiger partial charge on any atom is 0.407 e. The molecule has 2 aromatic rings. The topological polar surface area (TPSA) is 125 Å². The summed E-state index contributed by atoms with van der Waals surface area (Å²) in [6.45, 7) is 0.353. The maximum atomic E-state index is 12.4. The van der Waals surface area contributed by atoms with Gasteiger partial charge in [0.25, 0.3) is 0 Å². The Morgan fingerprint density at radius 1 is 0.968 bits per heavy atom. The van der Waals surface area contributed by atoms with Crippen LogP contribution in [0, 0.1) is 0 Å². The second-order valence-corrected chi connectivity index (χ2v) is 7.34. The maximum absolute atomic E-state index is 12.4. The number of carbonyl (C=O) groups is 3. The molecule has 0 spiro atoms. The van der Waals surface area contributed by atoms with Gasteiger partial charge in [0, 0.05) is 19.1 Å². The van der Waals surface area contributed by atoms with Crippen LogP contribution in [0.2, 0.25) is 0 Å². The van der Waals surface area contributed by atoms with E-state index in [1.165, 1.54) is 0 Å². The molecule has 0 saturated heterocycles. The Balaban J connectivity index is 1.61. The quantitative estimate of drug-likeness (QED) is 0.432. The van der Waals surface area contributed by atoms with Crippen LogP contribution in [-0.2, 0) is 14.3 Å². The summed E-state index contributed by atoms with van der Waals surface area (Å²) >= 11 is 0. The number of aliphatic carboxylic acids is 1. The van der Waals surface area contributed by atoms with E-state index in [1.54, 1.807) is 0 Å². The lowest BCUT2D eigenvalue weighted by Crippen LogP contribution is -2.48. The minimum atomic E-state index is -1.25. The average Bonchev–Trinajstić information content (AvgIpc) is 3.08. The number of nitrogens with one attached hydrogen (secondary N) is 2. The zero-order valence-electron chi connectivity index (χ0n) is 17.0. The van der Waals surface area contributed by atoms with Gasteiger partial charge in [-0.05, 0) is 35.1 Å². The standard InChI is InChI=1S/C23H26N2O6/c26-12-6-5-11-24-22(29)20(13-21(27)28)25-23(30)31-14-19-17-9-3-1-7-15(17)16-8-2-4-10-18(16)19/h1-4,7-10,19-20,26H,5-6,11-14H2,(H,24,29)(H,25,30)(H,27,28). The summed E-state index contributed by atoms with van der Waals surface area (Å²) in [7, 11) is 0. The molecule has 0 aromatic heterocycles. The van der Waals surface area contributed by atoms with Crippen LogP contribution in [-0.4, -0.2) is 54.0 Å². The molecule has 2 amide bonds. The zero-order valence-corrected chi connectivity index (χ0v) is 17.0. The second-order valence-electron chi connectivity index (χ2n) is 7.34. The number of hydrogen-bond acceptors (Lipinski definition) is 5. The second kappa shape index (κ2) is 10.6. The Morgan fingerprint density at radius 2 is 1.58 bits per heavy atom. The fourth-order valence-corrected chi connectivity index (χ4v) is 3.74. The number of rotatable bonds is 10. The van der Waals surface area contributed by atoms with E-state index in [4.69, 9.17) is 14.9 Å². The van der Waals surface area contributed by atoms with Gasteiger partial charge >= 0.3 is 12.1 Å². The number of unbranched alkanes of at least 4 members (excludes halogenated alkanes) is 1. The molecule has 0 heterocycles. The normalized spacial score (nSPS) is 13.1. The van der Waals surface area contributed by atoms with Gasteiger partial charge in [-0.2, -0.15) is 0 Å².